The van der Waals surface area contributed by atoms with Gasteiger partial charge < -0.3 is 9.84 Å². The Kier molecular flexibility index (Phi) is 3.32. The smallest absolute Gasteiger partial charge is 0.167 e. The molecule has 6 heteroatoms. The van der Waals surface area contributed by atoms with Crippen molar-refractivity contribution in [3.05, 3.63) is 42.0 Å². The number of fused-ring (bicyclic) bond motifs is 2. The fourth-order valence-electron chi connectivity index (χ4n) is 2.92. The summed E-state index contributed by atoms with van der Waals surface area (Å²) in [6.45, 7) is 10.3. The molecule has 4 rings (SSSR count). The van der Waals surface area contributed by atoms with Crippen LogP contribution in [0.3, 0.4) is 0 Å². The lowest BCUT2D eigenvalue weighted by Gasteiger charge is -2.22. The van der Waals surface area contributed by atoms with Gasteiger partial charge in [0.05, 0.1) is 5.69 Å². The SMILES string of the molecule is Cc1cc2nc(-c3ccc4onc(C)c4c3)c(NC(C)(C)C)n2cn1. The van der Waals surface area contributed by atoms with Gasteiger partial charge in [-0.15, -0.1) is 0 Å². The number of aromatic nitrogens is 4. The Labute approximate surface area is 145 Å². The molecule has 0 atom stereocenters. The van der Waals surface area contributed by atoms with Crippen molar-refractivity contribution in [2.45, 2.75) is 40.2 Å². The monoisotopic (exact) mass is 335 g/mol. The van der Waals surface area contributed by atoms with Crippen LogP contribution in [-0.2, 0) is 0 Å². The molecule has 128 valence electrons. The van der Waals surface area contributed by atoms with Gasteiger partial charge in [-0.25, -0.2) is 9.97 Å². The molecule has 6 nitrogen and oxygen atoms in total. The summed E-state index contributed by atoms with van der Waals surface area (Å²) in [7, 11) is 0. The lowest BCUT2D eigenvalue weighted by molar-refractivity contribution is 0.450. The van der Waals surface area contributed by atoms with Crippen molar-refractivity contribution < 1.29 is 4.52 Å². The molecule has 3 heterocycles. The van der Waals surface area contributed by atoms with E-state index in [1.54, 1.807) is 0 Å². The van der Waals surface area contributed by atoms with Crippen LogP contribution in [0.25, 0.3) is 27.9 Å². The van der Waals surface area contributed by atoms with Gasteiger partial charge in [0.25, 0.3) is 0 Å². The molecule has 0 fully saturated rings. The molecule has 4 aromatic rings. The highest BCUT2D eigenvalue weighted by molar-refractivity contribution is 5.87. The van der Waals surface area contributed by atoms with Crippen LogP contribution < -0.4 is 5.32 Å². The highest BCUT2D eigenvalue weighted by atomic mass is 16.5. The van der Waals surface area contributed by atoms with Crippen LogP contribution in [-0.4, -0.2) is 25.1 Å². The second-order valence-corrected chi connectivity index (χ2v) is 7.42. The van der Waals surface area contributed by atoms with E-state index in [9.17, 15) is 0 Å². The third-order valence-corrected chi connectivity index (χ3v) is 4.07. The zero-order chi connectivity index (χ0) is 17.8. The molecule has 3 aromatic heterocycles. The maximum absolute atomic E-state index is 5.32. The molecule has 25 heavy (non-hydrogen) atoms. The molecular weight excluding hydrogens is 314 g/mol. The molecular formula is C19H21N5O. The summed E-state index contributed by atoms with van der Waals surface area (Å²) in [4.78, 5) is 9.28. The van der Waals surface area contributed by atoms with Crippen molar-refractivity contribution in [1.29, 1.82) is 0 Å². The van der Waals surface area contributed by atoms with Crippen LogP contribution in [0.1, 0.15) is 32.2 Å². The van der Waals surface area contributed by atoms with Crippen LogP contribution in [0.15, 0.2) is 35.1 Å². The third kappa shape index (κ3) is 2.73. The fourth-order valence-corrected chi connectivity index (χ4v) is 2.92. The minimum absolute atomic E-state index is 0.104. The summed E-state index contributed by atoms with van der Waals surface area (Å²) in [6.07, 6.45) is 1.82. The molecule has 0 saturated carbocycles. The predicted octanol–water partition coefficient (Wildman–Crippen LogP) is 4.36. The molecule has 1 aromatic carbocycles. The highest BCUT2D eigenvalue weighted by Crippen LogP contribution is 2.33. The zero-order valence-electron chi connectivity index (χ0n) is 15.1. The fraction of sp³-hybridized carbons (Fsp3) is 0.316. The largest absolute Gasteiger partial charge is 0.365 e. The van der Waals surface area contributed by atoms with E-state index in [4.69, 9.17) is 9.51 Å². The van der Waals surface area contributed by atoms with Crippen LogP contribution in [0.4, 0.5) is 5.82 Å². The van der Waals surface area contributed by atoms with Gasteiger partial charge >= 0.3 is 0 Å². The van der Waals surface area contributed by atoms with Crippen molar-refractivity contribution >= 4 is 22.4 Å². The van der Waals surface area contributed by atoms with Gasteiger partial charge in [-0.2, -0.15) is 0 Å². The van der Waals surface area contributed by atoms with E-state index in [1.165, 1.54) is 0 Å². The summed E-state index contributed by atoms with van der Waals surface area (Å²) in [5.74, 6) is 0.934. The maximum atomic E-state index is 5.32. The molecule has 0 bridgehead atoms. The van der Waals surface area contributed by atoms with E-state index < -0.39 is 0 Å². The molecule has 0 spiro atoms. The van der Waals surface area contributed by atoms with Gasteiger partial charge in [-0.05, 0) is 52.8 Å². The van der Waals surface area contributed by atoms with Gasteiger partial charge in [0.15, 0.2) is 5.58 Å². The van der Waals surface area contributed by atoms with E-state index in [2.05, 4.69) is 42.3 Å². The standard InChI is InChI=1S/C19H21N5O/c1-11-8-16-21-17(18(22-19(3,4)5)24(16)10-20-11)13-6-7-15-14(9-13)12(2)23-25-15/h6-10,22H,1-5H3. The van der Waals surface area contributed by atoms with E-state index in [-0.39, 0.29) is 5.54 Å². The molecule has 1 N–H and O–H groups in total. The van der Waals surface area contributed by atoms with Crippen LogP contribution in [0.5, 0.6) is 0 Å². The highest BCUT2D eigenvalue weighted by Gasteiger charge is 2.20. The Morgan fingerprint density at radius 3 is 2.68 bits per heavy atom. The number of nitrogens with one attached hydrogen (secondary N) is 1. The van der Waals surface area contributed by atoms with Crippen molar-refractivity contribution in [1.82, 2.24) is 19.5 Å². The molecule has 0 unspecified atom stereocenters. The minimum Gasteiger partial charge on any atom is -0.365 e. The lowest BCUT2D eigenvalue weighted by atomic mass is 10.1. The number of hydrogen-bond acceptors (Lipinski definition) is 5. The second-order valence-electron chi connectivity index (χ2n) is 7.42. The number of imidazole rings is 1. The summed E-state index contributed by atoms with van der Waals surface area (Å²) in [5.41, 5.74) is 5.29. The van der Waals surface area contributed by atoms with Crippen LogP contribution >= 0.6 is 0 Å². The molecule has 0 radical (unpaired) electrons. The first-order valence-electron chi connectivity index (χ1n) is 8.31. The Morgan fingerprint density at radius 2 is 1.92 bits per heavy atom. The van der Waals surface area contributed by atoms with E-state index in [0.29, 0.717) is 0 Å². The normalized spacial score (nSPS) is 12.2. The average molecular weight is 335 g/mol. The number of rotatable bonds is 2. The summed E-state index contributed by atoms with van der Waals surface area (Å²) in [6, 6.07) is 8.03. The van der Waals surface area contributed by atoms with Crippen molar-refractivity contribution in [2.75, 3.05) is 5.32 Å². The Balaban J connectivity index is 1.97. The number of anilines is 1. The summed E-state index contributed by atoms with van der Waals surface area (Å²) >= 11 is 0. The quantitative estimate of drug-likeness (QED) is 0.589. The Bertz CT molecular complexity index is 1080. The zero-order valence-corrected chi connectivity index (χ0v) is 15.1. The average Bonchev–Trinajstić information content (AvgIpc) is 3.07. The van der Waals surface area contributed by atoms with Crippen LogP contribution in [0.2, 0.25) is 0 Å². The van der Waals surface area contributed by atoms with Gasteiger partial charge in [0.1, 0.15) is 23.5 Å². The van der Waals surface area contributed by atoms with Gasteiger partial charge in [0.2, 0.25) is 0 Å². The second kappa shape index (κ2) is 5.31. The maximum Gasteiger partial charge on any atom is 0.167 e. The Morgan fingerprint density at radius 1 is 1.12 bits per heavy atom. The summed E-state index contributed by atoms with van der Waals surface area (Å²) in [5, 5.41) is 8.61. The van der Waals surface area contributed by atoms with Crippen molar-refractivity contribution in [3.8, 4) is 11.3 Å². The number of aryl methyl sites for hydroxylation is 2. The molecule has 0 aliphatic rings. The first-order valence-corrected chi connectivity index (χ1v) is 8.31. The van der Waals surface area contributed by atoms with Crippen molar-refractivity contribution in [2.24, 2.45) is 0 Å². The topological polar surface area (TPSA) is 68.2 Å². The van der Waals surface area contributed by atoms with Gasteiger partial charge in [-0.3, -0.25) is 4.40 Å². The summed E-state index contributed by atoms with van der Waals surface area (Å²) < 4.78 is 7.32. The minimum atomic E-state index is -0.104. The number of benzene rings is 1. The first kappa shape index (κ1) is 15.6. The predicted molar refractivity (Wildman–Crippen MR) is 98.8 cm³/mol. The third-order valence-electron chi connectivity index (χ3n) is 4.07. The van der Waals surface area contributed by atoms with E-state index in [1.807, 2.05) is 42.8 Å². The Hall–Kier alpha value is -2.89. The van der Waals surface area contributed by atoms with Crippen molar-refractivity contribution in [3.63, 3.8) is 0 Å². The first-order chi connectivity index (χ1) is 11.8. The van der Waals surface area contributed by atoms with Crippen LogP contribution in [0, 0.1) is 13.8 Å². The molecule has 0 amide bonds. The molecule has 0 aliphatic heterocycles. The lowest BCUT2D eigenvalue weighted by Crippen LogP contribution is -2.27. The van der Waals surface area contributed by atoms with Gasteiger partial charge in [0, 0.05) is 28.2 Å². The van der Waals surface area contributed by atoms with E-state index >= 15 is 0 Å². The number of nitrogens with zero attached hydrogens (tertiary/aromatic N) is 4. The molecule has 0 aliphatic carbocycles. The molecule has 0 saturated heterocycles. The number of hydrogen-bond donors (Lipinski definition) is 1. The van der Waals surface area contributed by atoms with E-state index in [0.717, 1.165) is 45.1 Å². The van der Waals surface area contributed by atoms with Gasteiger partial charge in [-0.1, -0.05) is 5.16 Å².